The molecule has 0 aliphatic carbocycles. The van der Waals surface area contributed by atoms with Gasteiger partial charge in [0.25, 0.3) is 0 Å². The van der Waals surface area contributed by atoms with Crippen LogP contribution in [0.1, 0.15) is 12.8 Å². The maximum Gasteiger partial charge on any atom is 0.249 e. The zero-order chi connectivity index (χ0) is 18.3. The van der Waals surface area contributed by atoms with Crippen LogP contribution in [0.2, 0.25) is 0 Å². The molecule has 1 atom stereocenters. The van der Waals surface area contributed by atoms with E-state index in [0.717, 1.165) is 11.2 Å². The van der Waals surface area contributed by atoms with Crippen LogP contribution in [0, 0.1) is 6.92 Å². The second-order valence-electron chi connectivity index (χ2n) is 6.27. The Balaban J connectivity index is 1.56. The summed E-state index contributed by atoms with van der Waals surface area (Å²) in [5.41, 5.74) is 3.54. The molecule has 7 heteroatoms. The standard InChI is InChI=1S/C19H18N4O3/c1-11(20-13-7-8-17-15(9-13)21-12(2)26-17)19(25)23-10-18(24)22-14-5-3-4-6-16(14)23/h3-9,11,20H,10H2,1-2H3,(H,22,24)/t11-/m0/s1. The van der Waals surface area contributed by atoms with Crippen LogP contribution >= 0.6 is 0 Å². The second kappa shape index (κ2) is 6.18. The van der Waals surface area contributed by atoms with E-state index in [1.807, 2.05) is 36.4 Å². The Morgan fingerprint density at radius 1 is 1.31 bits per heavy atom. The molecule has 26 heavy (non-hydrogen) atoms. The van der Waals surface area contributed by atoms with Gasteiger partial charge >= 0.3 is 0 Å². The van der Waals surface area contributed by atoms with Crippen molar-refractivity contribution >= 4 is 40.0 Å². The van der Waals surface area contributed by atoms with Gasteiger partial charge in [0, 0.05) is 12.6 Å². The molecule has 4 rings (SSSR count). The molecule has 1 aliphatic heterocycles. The molecule has 7 nitrogen and oxygen atoms in total. The van der Waals surface area contributed by atoms with Crippen molar-refractivity contribution in [1.29, 1.82) is 0 Å². The van der Waals surface area contributed by atoms with Crippen molar-refractivity contribution in [3.8, 4) is 0 Å². The average Bonchev–Trinajstić information content (AvgIpc) is 2.99. The SMILES string of the molecule is Cc1nc2cc(N[C@@H](C)C(=O)N3CC(=O)Nc4ccccc43)ccc2o1. The maximum atomic E-state index is 12.9. The number of hydrogen-bond donors (Lipinski definition) is 2. The number of para-hydroxylation sites is 2. The van der Waals surface area contributed by atoms with Gasteiger partial charge in [0.15, 0.2) is 11.5 Å². The van der Waals surface area contributed by atoms with Crippen LogP contribution in [0.25, 0.3) is 11.1 Å². The zero-order valence-electron chi connectivity index (χ0n) is 14.4. The van der Waals surface area contributed by atoms with Gasteiger partial charge in [-0.2, -0.15) is 0 Å². The van der Waals surface area contributed by atoms with E-state index in [2.05, 4.69) is 15.6 Å². The molecular formula is C19H18N4O3. The van der Waals surface area contributed by atoms with E-state index in [1.165, 1.54) is 4.90 Å². The fourth-order valence-electron chi connectivity index (χ4n) is 3.11. The molecule has 2 amide bonds. The number of amides is 2. The fourth-order valence-corrected chi connectivity index (χ4v) is 3.11. The molecule has 3 aromatic rings. The summed E-state index contributed by atoms with van der Waals surface area (Å²) < 4.78 is 5.46. The monoisotopic (exact) mass is 350 g/mol. The number of nitrogens with one attached hydrogen (secondary N) is 2. The Bertz CT molecular complexity index is 1010. The molecular weight excluding hydrogens is 332 g/mol. The van der Waals surface area contributed by atoms with Crippen molar-refractivity contribution in [1.82, 2.24) is 4.98 Å². The van der Waals surface area contributed by atoms with Crippen LogP contribution in [0.5, 0.6) is 0 Å². The quantitative estimate of drug-likeness (QED) is 0.758. The lowest BCUT2D eigenvalue weighted by Gasteiger charge is -2.31. The Hall–Kier alpha value is -3.35. The lowest BCUT2D eigenvalue weighted by Crippen LogP contribution is -2.47. The number of fused-ring (bicyclic) bond motifs is 2. The van der Waals surface area contributed by atoms with Gasteiger partial charge in [-0.25, -0.2) is 4.98 Å². The van der Waals surface area contributed by atoms with Crippen LogP contribution in [-0.4, -0.2) is 29.4 Å². The predicted molar refractivity (Wildman–Crippen MR) is 99.3 cm³/mol. The van der Waals surface area contributed by atoms with Crippen molar-refractivity contribution < 1.29 is 14.0 Å². The van der Waals surface area contributed by atoms with Crippen LogP contribution in [0.4, 0.5) is 17.1 Å². The zero-order valence-corrected chi connectivity index (χ0v) is 14.4. The summed E-state index contributed by atoms with van der Waals surface area (Å²) in [6.45, 7) is 3.57. The van der Waals surface area contributed by atoms with Gasteiger partial charge in [0.2, 0.25) is 11.8 Å². The Labute approximate surface area is 150 Å². The number of aromatic nitrogens is 1. The molecule has 132 valence electrons. The topological polar surface area (TPSA) is 87.5 Å². The van der Waals surface area contributed by atoms with Crippen molar-refractivity contribution in [3.63, 3.8) is 0 Å². The van der Waals surface area contributed by atoms with Crippen LogP contribution < -0.4 is 15.5 Å². The third kappa shape index (κ3) is 2.88. The van der Waals surface area contributed by atoms with E-state index in [-0.39, 0.29) is 18.4 Å². The van der Waals surface area contributed by atoms with E-state index < -0.39 is 6.04 Å². The molecule has 0 saturated heterocycles. The first kappa shape index (κ1) is 16.1. The molecule has 0 unspecified atom stereocenters. The van der Waals surface area contributed by atoms with Gasteiger partial charge in [-0.3, -0.25) is 14.5 Å². The highest BCUT2D eigenvalue weighted by Gasteiger charge is 2.29. The van der Waals surface area contributed by atoms with Gasteiger partial charge in [0.05, 0.1) is 11.4 Å². The smallest absolute Gasteiger partial charge is 0.249 e. The fraction of sp³-hybridized carbons (Fsp3) is 0.211. The summed E-state index contributed by atoms with van der Waals surface area (Å²) in [6, 6.07) is 12.3. The van der Waals surface area contributed by atoms with Crippen LogP contribution in [0.3, 0.4) is 0 Å². The number of oxazole rings is 1. The maximum absolute atomic E-state index is 12.9. The highest BCUT2D eigenvalue weighted by atomic mass is 16.3. The second-order valence-corrected chi connectivity index (χ2v) is 6.27. The van der Waals surface area contributed by atoms with E-state index in [4.69, 9.17) is 4.42 Å². The first-order valence-corrected chi connectivity index (χ1v) is 8.35. The van der Waals surface area contributed by atoms with E-state index in [0.29, 0.717) is 22.8 Å². The summed E-state index contributed by atoms with van der Waals surface area (Å²) in [7, 11) is 0. The molecule has 0 fully saturated rings. The first-order chi connectivity index (χ1) is 12.5. The minimum Gasteiger partial charge on any atom is -0.441 e. The van der Waals surface area contributed by atoms with Crippen molar-refractivity contribution in [2.24, 2.45) is 0 Å². The number of hydrogen-bond acceptors (Lipinski definition) is 5. The van der Waals surface area contributed by atoms with Gasteiger partial charge in [-0.15, -0.1) is 0 Å². The molecule has 2 N–H and O–H groups in total. The molecule has 1 aliphatic rings. The van der Waals surface area contributed by atoms with Crippen molar-refractivity contribution in [2.45, 2.75) is 19.9 Å². The van der Waals surface area contributed by atoms with Gasteiger partial charge < -0.3 is 15.1 Å². The normalized spacial score (nSPS) is 14.7. The number of carbonyl (C=O) groups is 2. The molecule has 0 spiro atoms. The van der Waals surface area contributed by atoms with Crippen LogP contribution in [0.15, 0.2) is 46.9 Å². The summed E-state index contributed by atoms with van der Waals surface area (Å²) in [5.74, 6) is 0.213. The Kier molecular flexibility index (Phi) is 3.84. The van der Waals surface area contributed by atoms with Crippen LogP contribution in [-0.2, 0) is 9.59 Å². The summed E-state index contributed by atoms with van der Waals surface area (Å²) in [6.07, 6.45) is 0. The van der Waals surface area contributed by atoms with E-state index >= 15 is 0 Å². The number of carbonyl (C=O) groups excluding carboxylic acids is 2. The van der Waals surface area contributed by atoms with Crippen molar-refractivity contribution in [3.05, 3.63) is 48.4 Å². The minimum absolute atomic E-state index is 0.00336. The van der Waals surface area contributed by atoms with Crippen molar-refractivity contribution in [2.75, 3.05) is 22.1 Å². The minimum atomic E-state index is -0.514. The predicted octanol–water partition coefficient (Wildman–Crippen LogP) is 2.92. The highest BCUT2D eigenvalue weighted by Crippen LogP contribution is 2.29. The van der Waals surface area contributed by atoms with Gasteiger partial charge in [0.1, 0.15) is 18.1 Å². The Morgan fingerprint density at radius 3 is 2.96 bits per heavy atom. The summed E-state index contributed by atoms with van der Waals surface area (Å²) in [4.78, 5) is 30.7. The number of aryl methyl sites for hydroxylation is 1. The largest absolute Gasteiger partial charge is 0.441 e. The third-order valence-electron chi connectivity index (χ3n) is 4.28. The lowest BCUT2D eigenvalue weighted by atomic mass is 10.1. The van der Waals surface area contributed by atoms with Gasteiger partial charge in [-0.05, 0) is 37.3 Å². The molecule has 0 saturated carbocycles. The summed E-state index contributed by atoms with van der Waals surface area (Å²) in [5, 5.41) is 5.97. The third-order valence-corrected chi connectivity index (χ3v) is 4.28. The average molecular weight is 350 g/mol. The van der Waals surface area contributed by atoms with Gasteiger partial charge in [-0.1, -0.05) is 12.1 Å². The highest BCUT2D eigenvalue weighted by molar-refractivity contribution is 6.11. The molecule has 1 aromatic heterocycles. The van der Waals surface area contributed by atoms with E-state index in [1.54, 1.807) is 19.9 Å². The molecule has 2 aromatic carbocycles. The lowest BCUT2D eigenvalue weighted by molar-refractivity contribution is -0.122. The Morgan fingerprint density at radius 2 is 2.12 bits per heavy atom. The number of nitrogens with zero attached hydrogens (tertiary/aromatic N) is 2. The molecule has 0 radical (unpaired) electrons. The first-order valence-electron chi connectivity index (χ1n) is 8.35. The van der Waals surface area contributed by atoms with E-state index in [9.17, 15) is 9.59 Å². The molecule has 0 bridgehead atoms. The summed E-state index contributed by atoms with van der Waals surface area (Å²) >= 11 is 0. The molecule has 2 heterocycles. The number of rotatable bonds is 3. The number of benzene rings is 2. The number of anilines is 3.